The molecule has 0 aromatic carbocycles. The summed E-state index contributed by atoms with van der Waals surface area (Å²) in [4.78, 5) is 33.6. The minimum atomic E-state index is -0.819. The molecule has 2 rings (SSSR count). The van der Waals surface area contributed by atoms with Crippen LogP contribution >= 0.6 is 0 Å². The summed E-state index contributed by atoms with van der Waals surface area (Å²) in [6, 6.07) is -0.0933. The number of rotatable bonds is 3. The van der Waals surface area contributed by atoms with Crippen LogP contribution in [0.15, 0.2) is 5.10 Å². The molecule has 1 heterocycles. The van der Waals surface area contributed by atoms with Crippen molar-refractivity contribution < 1.29 is 19.5 Å². The molecular formula is C11H15N3O4. The first-order valence-corrected chi connectivity index (χ1v) is 5.85. The monoisotopic (exact) mass is 253 g/mol. The lowest BCUT2D eigenvalue weighted by Gasteiger charge is -2.33. The summed E-state index contributed by atoms with van der Waals surface area (Å²) >= 11 is 0. The number of carbonyl (C=O) groups is 3. The molecule has 7 heteroatoms. The van der Waals surface area contributed by atoms with E-state index in [1.165, 1.54) is 12.1 Å². The van der Waals surface area contributed by atoms with Crippen molar-refractivity contribution in [3.63, 3.8) is 0 Å². The molecule has 18 heavy (non-hydrogen) atoms. The summed E-state index contributed by atoms with van der Waals surface area (Å²) in [6.07, 6.45) is 1.54. The Morgan fingerprint density at radius 1 is 1.39 bits per heavy atom. The number of hydrogen-bond acceptors (Lipinski definition) is 4. The zero-order valence-corrected chi connectivity index (χ0v) is 10.0. The molecule has 0 aromatic rings. The van der Waals surface area contributed by atoms with Gasteiger partial charge in [-0.2, -0.15) is 5.10 Å². The van der Waals surface area contributed by atoms with Gasteiger partial charge in [0.15, 0.2) is 0 Å². The van der Waals surface area contributed by atoms with Gasteiger partial charge >= 0.3 is 5.97 Å². The lowest BCUT2D eigenvalue weighted by molar-refractivity contribution is -0.146. The number of hydrogen-bond donors (Lipinski definition) is 2. The number of carbonyl (C=O) groups excluding carboxylic acids is 2. The molecule has 0 aromatic heterocycles. The van der Waals surface area contributed by atoms with Crippen molar-refractivity contribution in [1.82, 2.24) is 10.3 Å². The topological polar surface area (TPSA) is 99.1 Å². The van der Waals surface area contributed by atoms with Crippen molar-refractivity contribution in [2.24, 2.45) is 11.0 Å². The van der Waals surface area contributed by atoms with Crippen molar-refractivity contribution >= 4 is 23.5 Å². The van der Waals surface area contributed by atoms with E-state index in [1.54, 1.807) is 0 Å². The maximum Gasteiger partial charge on any atom is 0.306 e. The lowest BCUT2D eigenvalue weighted by Crippen LogP contribution is -2.49. The standard InChI is InChI=1S/C11H15N3O4/c1-14-9(15)3-2-8(13-14)10(16)12-7-4-6(5-7)11(17)18/h6-7H,2-5H2,1H3,(H,12,16)(H,17,18). The molecule has 1 aliphatic carbocycles. The molecule has 0 atom stereocenters. The van der Waals surface area contributed by atoms with E-state index < -0.39 is 5.97 Å². The van der Waals surface area contributed by atoms with Gasteiger partial charge in [-0.25, -0.2) is 5.01 Å². The zero-order chi connectivity index (χ0) is 13.3. The minimum Gasteiger partial charge on any atom is -0.481 e. The van der Waals surface area contributed by atoms with E-state index >= 15 is 0 Å². The molecule has 0 saturated heterocycles. The fourth-order valence-electron chi connectivity index (χ4n) is 2.04. The van der Waals surface area contributed by atoms with Crippen molar-refractivity contribution in [3.8, 4) is 0 Å². The third-order valence-corrected chi connectivity index (χ3v) is 3.29. The Morgan fingerprint density at radius 3 is 2.61 bits per heavy atom. The second-order valence-corrected chi connectivity index (χ2v) is 4.64. The van der Waals surface area contributed by atoms with Crippen molar-refractivity contribution in [2.45, 2.75) is 31.7 Å². The second-order valence-electron chi connectivity index (χ2n) is 4.64. The van der Waals surface area contributed by atoms with E-state index in [0.717, 1.165) is 0 Å². The van der Waals surface area contributed by atoms with Crippen LogP contribution in [0.1, 0.15) is 25.7 Å². The zero-order valence-electron chi connectivity index (χ0n) is 10.0. The first kappa shape index (κ1) is 12.5. The highest BCUT2D eigenvalue weighted by Crippen LogP contribution is 2.27. The number of nitrogens with zero attached hydrogens (tertiary/aromatic N) is 2. The number of aliphatic carboxylic acids is 1. The Kier molecular flexibility index (Phi) is 3.31. The Bertz CT molecular complexity index is 426. The minimum absolute atomic E-state index is 0.0933. The number of carboxylic acid groups (broad SMARTS) is 1. The molecule has 0 radical (unpaired) electrons. The van der Waals surface area contributed by atoms with E-state index in [1.807, 2.05) is 0 Å². The van der Waals surface area contributed by atoms with E-state index in [9.17, 15) is 14.4 Å². The Labute approximate surface area is 104 Å². The van der Waals surface area contributed by atoms with Crippen LogP contribution in [0.25, 0.3) is 0 Å². The van der Waals surface area contributed by atoms with Gasteiger partial charge in [-0.1, -0.05) is 0 Å². The van der Waals surface area contributed by atoms with E-state index in [-0.39, 0.29) is 30.2 Å². The van der Waals surface area contributed by atoms with Gasteiger partial charge in [0.25, 0.3) is 5.91 Å². The van der Waals surface area contributed by atoms with Gasteiger partial charge in [0.05, 0.1) is 5.92 Å². The van der Waals surface area contributed by atoms with Gasteiger partial charge in [-0.15, -0.1) is 0 Å². The first-order valence-electron chi connectivity index (χ1n) is 5.85. The normalized spacial score (nSPS) is 27.3. The van der Waals surface area contributed by atoms with Crippen LogP contribution in [0.5, 0.6) is 0 Å². The predicted molar refractivity (Wildman–Crippen MR) is 61.7 cm³/mol. The molecule has 1 saturated carbocycles. The van der Waals surface area contributed by atoms with Gasteiger partial charge in [-0.3, -0.25) is 14.4 Å². The molecular weight excluding hydrogens is 238 g/mol. The van der Waals surface area contributed by atoms with Crippen molar-refractivity contribution in [2.75, 3.05) is 7.05 Å². The highest BCUT2D eigenvalue weighted by Gasteiger charge is 2.36. The summed E-state index contributed by atoms with van der Waals surface area (Å²) in [7, 11) is 1.51. The summed E-state index contributed by atoms with van der Waals surface area (Å²) in [5.41, 5.74) is 0.330. The third-order valence-electron chi connectivity index (χ3n) is 3.29. The largest absolute Gasteiger partial charge is 0.481 e. The third kappa shape index (κ3) is 2.49. The molecule has 2 aliphatic rings. The molecule has 1 fully saturated rings. The predicted octanol–water partition coefficient (Wildman–Crippen LogP) is -0.426. The molecule has 7 nitrogen and oxygen atoms in total. The average Bonchev–Trinajstić information content (AvgIpc) is 2.25. The van der Waals surface area contributed by atoms with Gasteiger partial charge < -0.3 is 10.4 Å². The number of carboxylic acids is 1. The van der Waals surface area contributed by atoms with Crippen LogP contribution in [0.4, 0.5) is 0 Å². The quantitative estimate of drug-likeness (QED) is 0.713. The fourth-order valence-corrected chi connectivity index (χ4v) is 2.04. The summed E-state index contributed by atoms with van der Waals surface area (Å²) < 4.78 is 0. The van der Waals surface area contributed by atoms with Crippen LogP contribution in [0, 0.1) is 5.92 Å². The summed E-state index contributed by atoms with van der Waals surface area (Å²) in [5, 5.41) is 16.5. The average molecular weight is 253 g/mol. The van der Waals surface area contributed by atoms with E-state index in [0.29, 0.717) is 25.0 Å². The van der Waals surface area contributed by atoms with E-state index in [4.69, 9.17) is 5.11 Å². The number of nitrogens with one attached hydrogen (secondary N) is 1. The fraction of sp³-hybridized carbons (Fsp3) is 0.636. The summed E-state index contributed by atoms with van der Waals surface area (Å²) in [5.74, 6) is -1.59. The Hall–Kier alpha value is -1.92. The molecule has 0 unspecified atom stereocenters. The van der Waals surface area contributed by atoms with Gasteiger partial charge in [-0.05, 0) is 12.8 Å². The van der Waals surface area contributed by atoms with Gasteiger partial charge in [0.2, 0.25) is 5.91 Å². The number of amides is 2. The summed E-state index contributed by atoms with van der Waals surface area (Å²) in [6.45, 7) is 0. The highest BCUT2D eigenvalue weighted by molar-refractivity contribution is 6.39. The first-order chi connectivity index (χ1) is 8.47. The number of hydrazone groups is 1. The van der Waals surface area contributed by atoms with Gasteiger partial charge in [0.1, 0.15) is 5.71 Å². The lowest BCUT2D eigenvalue weighted by atomic mass is 9.80. The van der Waals surface area contributed by atoms with Crippen LogP contribution in [0.2, 0.25) is 0 Å². The molecule has 98 valence electrons. The Balaban J connectivity index is 1.85. The Morgan fingerprint density at radius 2 is 2.06 bits per heavy atom. The smallest absolute Gasteiger partial charge is 0.306 e. The highest BCUT2D eigenvalue weighted by atomic mass is 16.4. The second kappa shape index (κ2) is 4.75. The molecule has 2 amide bonds. The van der Waals surface area contributed by atoms with Crippen molar-refractivity contribution in [3.05, 3.63) is 0 Å². The van der Waals surface area contributed by atoms with Crippen LogP contribution in [0.3, 0.4) is 0 Å². The maximum absolute atomic E-state index is 11.8. The SMILES string of the molecule is CN1N=C(C(=O)NC2CC(C(=O)O)C2)CCC1=O. The molecule has 2 N–H and O–H groups in total. The molecule has 0 spiro atoms. The van der Waals surface area contributed by atoms with Crippen LogP contribution in [-0.4, -0.2) is 46.7 Å². The van der Waals surface area contributed by atoms with Gasteiger partial charge in [0, 0.05) is 25.9 Å². The maximum atomic E-state index is 11.8. The van der Waals surface area contributed by atoms with E-state index in [2.05, 4.69) is 10.4 Å². The van der Waals surface area contributed by atoms with Crippen LogP contribution in [-0.2, 0) is 14.4 Å². The van der Waals surface area contributed by atoms with Crippen molar-refractivity contribution in [1.29, 1.82) is 0 Å². The van der Waals surface area contributed by atoms with Crippen LogP contribution < -0.4 is 5.32 Å². The molecule has 1 aliphatic heterocycles. The molecule has 0 bridgehead atoms.